The molecule has 1 atom stereocenters. The van der Waals surface area contributed by atoms with E-state index in [-0.39, 0.29) is 43.2 Å². The lowest BCUT2D eigenvalue weighted by atomic mass is 10.2. The second-order valence-corrected chi connectivity index (χ2v) is 5.58. The van der Waals surface area contributed by atoms with Crippen LogP contribution in [0.5, 0.6) is 0 Å². The summed E-state index contributed by atoms with van der Waals surface area (Å²) >= 11 is 1.59. The van der Waals surface area contributed by atoms with Crippen LogP contribution in [0, 0.1) is 6.92 Å². The number of nitrogens with two attached hydrogens (primary N) is 1. The Bertz CT molecular complexity index is 587. The van der Waals surface area contributed by atoms with E-state index >= 15 is 0 Å². The van der Waals surface area contributed by atoms with E-state index in [9.17, 15) is 4.79 Å². The van der Waals surface area contributed by atoms with E-state index in [1.54, 1.807) is 23.3 Å². The molecule has 2 aromatic heterocycles. The Labute approximate surface area is 146 Å². The van der Waals surface area contributed by atoms with Crippen LogP contribution in [0.3, 0.4) is 0 Å². The molecule has 0 aromatic carbocycles. The summed E-state index contributed by atoms with van der Waals surface area (Å²) < 4.78 is 5.63. The number of likely N-dealkylation sites (N-methyl/N-ethyl adjacent to an activating group) is 1. The Balaban J connectivity index is 0.00000220. The van der Waals surface area contributed by atoms with Gasteiger partial charge >= 0.3 is 0 Å². The first kappa shape index (κ1) is 20.9. The SMILES string of the molecule is Cc1oc(-c2ccsc2)nc1CC(=O)N(C)C(C)CN.Cl.Cl. The summed E-state index contributed by atoms with van der Waals surface area (Å²) in [4.78, 5) is 18.2. The highest BCUT2D eigenvalue weighted by atomic mass is 35.5. The van der Waals surface area contributed by atoms with E-state index in [0.29, 0.717) is 23.9 Å². The number of hydrogen-bond acceptors (Lipinski definition) is 5. The fourth-order valence-electron chi connectivity index (χ4n) is 1.77. The average molecular weight is 366 g/mol. The van der Waals surface area contributed by atoms with Crippen LogP contribution in [-0.4, -0.2) is 35.4 Å². The number of rotatable bonds is 5. The standard InChI is InChI=1S/C14H19N3O2S.2ClH/c1-9(7-15)17(3)13(18)6-12-10(2)19-14(16-12)11-4-5-20-8-11;;/h4-5,8-9H,6-7,15H2,1-3H3;2*1H. The van der Waals surface area contributed by atoms with Crippen molar-refractivity contribution in [2.24, 2.45) is 5.73 Å². The van der Waals surface area contributed by atoms with Gasteiger partial charge in [0.25, 0.3) is 0 Å². The first-order valence-corrected chi connectivity index (χ1v) is 7.41. The summed E-state index contributed by atoms with van der Waals surface area (Å²) in [6.45, 7) is 4.20. The van der Waals surface area contributed by atoms with Gasteiger partial charge in [0.1, 0.15) is 5.76 Å². The normalized spacial score (nSPS) is 11.3. The molecule has 0 saturated heterocycles. The summed E-state index contributed by atoms with van der Waals surface area (Å²) in [7, 11) is 1.76. The maximum Gasteiger partial charge on any atom is 0.228 e. The number of hydrogen-bond donors (Lipinski definition) is 1. The van der Waals surface area contributed by atoms with Crippen molar-refractivity contribution in [1.29, 1.82) is 0 Å². The molecule has 0 aliphatic rings. The van der Waals surface area contributed by atoms with Gasteiger partial charge in [0.05, 0.1) is 12.1 Å². The smallest absolute Gasteiger partial charge is 0.228 e. The lowest BCUT2D eigenvalue weighted by Crippen LogP contribution is -2.40. The van der Waals surface area contributed by atoms with Gasteiger partial charge in [0.2, 0.25) is 11.8 Å². The molecule has 22 heavy (non-hydrogen) atoms. The van der Waals surface area contributed by atoms with Gasteiger partial charge in [-0.1, -0.05) is 0 Å². The highest BCUT2D eigenvalue weighted by Crippen LogP contribution is 2.24. The summed E-state index contributed by atoms with van der Waals surface area (Å²) in [5, 5.41) is 3.94. The molecule has 8 heteroatoms. The predicted octanol–water partition coefficient (Wildman–Crippen LogP) is 2.90. The van der Waals surface area contributed by atoms with Gasteiger partial charge in [-0.05, 0) is 25.3 Å². The fraction of sp³-hybridized carbons (Fsp3) is 0.429. The molecule has 0 spiro atoms. The highest BCUT2D eigenvalue weighted by Gasteiger charge is 2.19. The molecule has 124 valence electrons. The Hall–Kier alpha value is -1.08. The molecule has 1 unspecified atom stereocenters. The van der Waals surface area contributed by atoms with Crippen molar-refractivity contribution in [3.05, 3.63) is 28.3 Å². The van der Waals surface area contributed by atoms with Gasteiger partial charge in [0.15, 0.2) is 0 Å². The molecule has 0 bridgehead atoms. The monoisotopic (exact) mass is 365 g/mol. The number of nitrogens with zero attached hydrogens (tertiary/aromatic N) is 2. The molecular formula is C14H21Cl2N3O2S. The van der Waals surface area contributed by atoms with Crippen molar-refractivity contribution in [2.45, 2.75) is 26.3 Å². The predicted molar refractivity (Wildman–Crippen MR) is 94.0 cm³/mol. The summed E-state index contributed by atoms with van der Waals surface area (Å²) in [6.07, 6.45) is 0.236. The molecule has 2 rings (SSSR count). The fourth-order valence-corrected chi connectivity index (χ4v) is 2.40. The van der Waals surface area contributed by atoms with Crippen molar-refractivity contribution < 1.29 is 9.21 Å². The van der Waals surface area contributed by atoms with Gasteiger partial charge in [-0.25, -0.2) is 4.98 Å². The van der Waals surface area contributed by atoms with E-state index in [0.717, 1.165) is 5.56 Å². The minimum Gasteiger partial charge on any atom is -0.441 e. The van der Waals surface area contributed by atoms with Crippen molar-refractivity contribution in [3.8, 4) is 11.5 Å². The van der Waals surface area contributed by atoms with Gasteiger partial charge < -0.3 is 15.1 Å². The molecule has 2 heterocycles. The number of thiophene rings is 1. The lowest BCUT2D eigenvalue weighted by Gasteiger charge is -2.23. The van der Waals surface area contributed by atoms with E-state index in [1.165, 1.54) is 0 Å². The Morgan fingerprint density at radius 1 is 1.50 bits per heavy atom. The van der Waals surface area contributed by atoms with Crippen LogP contribution >= 0.6 is 36.2 Å². The van der Waals surface area contributed by atoms with Crippen molar-refractivity contribution >= 4 is 42.1 Å². The number of oxazole rings is 1. The number of amides is 1. The van der Waals surface area contributed by atoms with E-state index in [4.69, 9.17) is 10.2 Å². The second-order valence-electron chi connectivity index (χ2n) is 4.80. The molecule has 0 aliphatic heterocycles. The average Bonchev–Trinajstić information content (AvgIpc) is 3.07. The quantitative estimate of drug-likeness (QED) is 0.883. The summed E-state index contributed by atoms with van der Waals surface area (Å²) in [6, 6.07) is 1.97. The van der Waals surface area contributed by atoms with Gasteiger partial charge in [-0.15, -0.1) is 24.8 Å². The molecule has 0 aliphatic carbocycles. The minimum absolute atomic E-state index is 0. The minimum atomic E-state index is -0.00350. The van der Waals surface area contributed by atoms with Crippen LogP contribution in [0.15, 0.2) is 21.2 Å². The molecule has 2 N–H and O–H groups in total. The number of aryl methyl sites for hydroxylation is 1. The van der Waals surface area contributed by atoms with E-state index in [2.05, 4.69) is 4.98 Å². The van der Waals surface area contributed by atoms with Crippen LogP contribution in [-0.2, 0) is 11.2 Å². The van der Waals surface area contributed by atoms with Gasteiger partial charge in [-0.3, -0.25) is 4.79 Å². The summed E-state index contributed by atoms with van der Waals surface area (Å²) in [5.41, 5.74) is 7.21. The van der Waals surface area contributed by atoms with Crippen LogP contribution in [0.2, 0.25) is 0 Å². The zero-order valence-corrected chi connectivity index (χ0v) is 15.2. The van der Waals surface area contributed by atoms with E-state index < -0.39 is 0 Å². The molecule has 1 amide bonds. The first-order chi connectivity index (χ1) is 9.52. The number of aromatic nitrogens is 1. The molecule has 0 radical (unpaired) electrons. The maximum absolute atomic E-state index is 12.2. The number of carbonyl (C=O) groups is 1. The highest BCUT2D eigenvalue weighted by molar-refractivity contribution is 7.08. The molecule has 2 aromatic rings. The largest absolute Gasteiger partial charge is 0.441 e. The van der Waals surface area contributed by atoms with Crippen molar-refractivity contribution in [1.82, 2.24) is 9.88 Å². The van der Waals surface area contributed by atoms with Gasteiger partial charge in [-0.2, -0.15) is 11.3 Å². The Kier molecular flexibility index (Phi) is 8.70. The third-order valence-electron chi connectivity index (χ3n) is 3.38. The molecular weight excluding hydrogens is 345 g/mol. The summed E-state index contributed by atoms with van der Waals surface area (Å²) in [5.74, 6) is 1.26. The maximum atomic E-state index is 12.2. The zero-order chi connectivity index (χ0) is 14.7. The number of carbonyl (C=O) groups excluding carboxylic acids is 1. The lowest BCUT2D eigenvalue weighted by molar-refractivity contribution is -0.130. The first-order valence-electron chi connectivity index (χ1n) is 6.47. The molecule has 5 nitrogen and oxygen atoms in total. The third kappa shape index (κ3) is 4.71. The van der Waals surface area contributed by atoms with Crippen molar-refractivity contribution in [2.75, 3.05) is 13.6 Å². The van der Waals surface area contributed by atoms with E-state index in [1.807, 2.05) is 30.7 Å². The van der Waals surface area contributed by atoms with Gasteiger partial charge in [0, 0.05) is 30.6 Å². The molecule has 0 saturated carbocycles. The zero-order valence-electron chi connectivity index (χ0n) is 12.7. The van der Waals surface area contributed by atoms with Crippen LogP contribution in [0.1, 0.15) is 18.4 Å². The number of halogens is 2. The third-order valence-corrected chi connectivity index (χ3v) is 4.06. The second kappa shape index (κ2) is 9.15. The van der Waals surface area contributed by atoms with Crippen molar-refractivity contribution in [3.63, 3.8) is 0 Å². The van der Waals surface area contributed by atoms with Crippen LogP contribution in [0.4, 0.5) is 0 Å². The van der Waals surface area contributed by atoms with Crippen LogP contribution < -0.4 is 5.73 Å². The molecule has 0 fully saturated rings. The Morgan fingerprint density at radius 3 is 2.73 bits per heavy atom. The Morgan fingerprint density at radius 2 is 2.18 bits per heavy atom. The topological polar surface area (TPSA) is 72.4 Å². The van der Waals surface area contributed by atoms with Crippen LogP contribution in [0.25, 0.3) is 11.5 Å².